The summed E-state index contributed by atoms with van der Waals surface area (Å²) in [4.78, 5) is 14.6. The smallest absolute Gasteiger partial charge is 0.250 e. The molecule has 26 heavy (non-hydrogen) atoms. The number of nitrogens with zero attached hydrogens (tertiary/aromatic N) is 6. The molecule has 4 heterocycles. The average Bonchev–Trinajstić information content (AvgIpc) is 3.11. The van der Waals surface area contributed by atoms with Crippen LogP contribution in [0, 0.1) is 5.92 Å². The van der Waals surface area contributed by atoms with Crippen molar-refractivity contribution in [1.82, 2.24) is 29.7 Å². The Bertz CT molecular complexity index is 979. The minimum absolute atomic E-state index is 0.124. The molecule has 1 aromatic carbocycles. The lowest BCUT2D eigenvalue weighted by atomic mass is 9.83. The second-order valence-corrected chi connectivity index (χ2v) is 7.23. The van der Waals surface area contributed by atoms with Crippen LogP contribution in [-0.4, -0.2) is 42.8 Å². The van der Waals surface area contributed by atoms with Gasteiger partial charge >= 0.3 is 0 Å². The Balaban J connectivity index is 1.40. The third kappa shape index (κ3) is 2.64. The van der Waals surface area contributed by atoms with Crippen molar-refractivity contribution in [3.63, 3.8) is 0 Å². The van der Waals surface area contributed by atoms with E-state index in [0.29, 0.717) is 18.4 Å². The van der Waals surface area contributed by atoms with Gasteiger partial charge < -0.3 is 4.57 Å². The fourth-order valence-corrected chi connectivity index (χ4v) is 4.40. The average molecular weight is 348 g/mol. The summed E-state index contributed by atoms with van der Waals surface area (Å²) in [5.74, 6) is 1.75. The van der Waals surface area contributed by atoms with E-state index in [1.165, 1.54) is 5.69 Å². The van der Waals surface area contributed by atoms with E-state index in [-0.39, 0.29) is 5.56 Å². The van der Waals surface area contributed by atoms with Crippen molar-refractivity contribution in [1.29, 1.82) is 0 Å². The number of rotatable bonds is 3. The minimum atomic E-state index is 0.124. The number of hydrogen-bond acceptors (Lipinski definition) is 5. The van der Waals surface area contributed by atoms with E-state index in [1.54, 1.807) is 6.07 Å². The molecule has 0 radical (unpaired) electrons. The highest BCUT2D eigenvalue weighted by molar-refractivity contribution is 5.30. The van der Waals surface area contributed by atoms with E-state index in [4.69, 9.17) is 0 Å². The molecule has 0 N–H and O–H groups in total. The molecule has 0 unspecified atom stereocenters. The third-order valence-electron chi connectivity index (χ3n) is 5.46. The lowest BCUT2D eigenvalue weighted by molar-refractivity contribution is 0.111. The van der Waals surface area contributed by atoms with Gasteiger partial charge in [0.1, 0.15) is 0 Å². The lowest BCUT2D eigenvalue weighted by Crippen LogP contribution is -2.46. The van der Waals surface area contributed by atoms with Crippen LogP contribution in [0.1, 0.15) is 23.9 Å². The highest BCUT2D eigenvalue weighted by atomic mass is 16.1. The summed E-state index contributed by atoms with van der Waals surface area (Å²) in [5, 5.41) is 12.3. The zero-order valence-electron chi connectivity index (χ0n) is 14.4. The molecule has 2 aromatic heterocycles. The predicted molar refractivity (Wildman–Crippen MR) is 96.0 cm³/mol. The minimum Gasteiger partial charge on any atom is -0.312 e. The van der Waals surface area contributed by atoms with Gasteiger partial charge in [0.25, 0.3) is 5.56 Å². The Kier molecular flexibility index (Phi) is 3.67. The maximum absolute atomic E-state index is 12.2. The van der Waals surface area contributed by atoms with E-state index in [9.17, 15) is 4.79 Å². The summed E-state index contributed by atoms with van der Waals surface area (Å²) in [6.45, 7) is 3.43. The number of likely N-dealkylation sites (tertiary alicyclic amines) is 1. The second kappa shape index (κ2) is 6.17. The normalized spacial score (nSPS) is 22.2. The Morgan fingerprint density at radius 2 is 1.88 bits per heavy atom. The molecule has 2 bridgehead atoms. The summed E-state index contributed by atoms with van der Waals surface area (Å²) < 4.78 is 3.77. The van der Waals surface area contributed by atoms with Gasteiger partial charge in [0.15, 0.2) is 5.82 Å². The summed E-state index contributed by atoms with van der Waals surface area (Å²) in [6.07, 6.45) is 1.16. The number of pyridine rings is 1. The molecule has 0 saturated carbocycles. The van der Waals surface area contributed by atoms with Crippen molar-refractivity contribution in [2.24, 2.45) is 5.92 Å². The van der Waals surface area contributed by atoms with Gasteiger partial charge in [-0.3, -0.25) is 9.69 Å². The molecule has 1 fully saturated rings. The second-order valence-electron chi connectivity index (χ2n) is 7.23. The fraction of sp³-hybridized carbons (Fsp3) is 0.368. The molecule has 2 aliphatic heterocycles. The molecule has 7 nitrogen and oxygen atoms in total. The van der Waals surface area contributed by atoms with Crippen LogP contribution in [0.5, 0.6) is 0 Å². The number of tetrazole rings is 1. The molecule has 132 valence electrons. The predicted octanol–water partition coefficient (Wildman–Crippen LogP) is 1.44. The summed E-state index contributed by atoms with van der Waals surface area (Å²) in [5.41, 5.74) is 2.27. The third-order valence-corrected chi connectivity index (χ3v) is 5.46. The van der Waals surface area contributed by atoms with Gasteiger partial charge in [-0.15, -0.1) is 5.10 Å². The van der Waals surface area contributed by atoms with Crippen LogP contribution in [0.25, 0.3) is 5.69 Å². The number of fused-ring (bicyclic) bond motifs is 4. The molecule has 7 heteroatoms. The van der Waals surface area contributed by atoms with Crippen molar-refractivity contribution in [2.45, 2.75) is 25.4 Å². The Hall–Kier alpha value is -2.80. The zero-order valence-corrected chi connectivity index (χ0v) is 14.4. The first-order valence-corrected chi connectivity index (χ1v) is 9.03. The number of piperidine rings is 1. The van der Waals surface area contributed by atoms with E-state index in [0.717, 1.165) is 37.6 Å². The first-order valence-electron chi connectivity index (χ1n) is 9.03. The van der Waals surface area contributed by atoms with E-state index in [1.807, 2.05) is 45.6 Å². The van der Waals surface area contributed by atoms with Gasteiger partial charge in [0.2, 0.25) is 0 Å². The van der Waals surface area contributed by atoms with Crippen molar-refractivity contribution in [2.75, 3.05) is 13.1 Å². The molecular weight excluding hydrogens is 328 g/mol. The molecule has 0 spiro atoms. The SMILES string of the molecule is O=c1cccc2n1C[C@H]1C[C@@H]2CN(Cc2nnnn2-c2ccccc2)C1. The van der Waals surface area contributed by atoms with Crippen LogP contribution >= 0.6 is 0 Å². The Labute approximate surface area is 150 Å². The van der Waals surface area contributed by atoms with Gasteiger partial charge in [-0.25, -0.2) is 0 Å². The standard InChI is InChI=1S/C19H20N6O/c26-19-8-4-7-17-15-9-14(11-24(17)19)10-23(12-15)13-18-20-21-22-25(18)16-5-2-1-3-6-16/h1-8,14-15H,9-13H2/t14-,15+/m0/s1. The Morgan fingerprint density at radius 1 is 1.00 bits per heavy atom. The maximum Gasteiger partial charge on any atom is 0.250 e. The number of benzene rings is 1. The molecule has 1 saturated heterocycles. The largest absolute Gasteiger partial charge is 0.312 e. The maximum atomic E-state index is 12.2. The molecule has 3 aromatic rings. The van der Waals surface area contributed by atoms with E-state index >= 15 is 0 Å². The molecule has 2 atom stereocenters. The summed E-state index contributed by atoms with van der Waals surface area (Å²) >= 11 is 0. The van der Waals surface area contributed by atoms with Crippen LogP contribution in [0.4, 0.5) is 0 Å². The lowest BCUT2D eigenvalue weighted by Gasteiger charge is -2.42. The van der Waals surface area contributed by atoms with Gasteiger partial charge in [0, 0.05) is 37.3 Å². The van der Waals surface area contributed by atoms with Crippen LogP contribution in [0.3, 0.4) is 0 Å². The molecule has 5 rings (SSSR count). The van der Waals surface area contributed by atoms with Crippen molar-refractivity contribution >= 4 is 0 Å². The molecule has 0 amide bonds. The van der Waals surface area contributed by atoms with E-state index < -0.39 is 0 Å². The first kappa shape index (κ1) is 15.5. The molecule has 0 aliphatic carbocycles. The van der Waals surface area contributed by atoms with Crippen LogP contribution in [0.15, 0.2) is 53.3 Å². The quantitative estimate of drug-likeness (QED) is 0.716. The fourth-order valence-electron chi connectivity index (χ4n) is 4.40. The highest BCUT2D eigenvalue weighted by Crippen LogP contribution is 2.35. The molecular formula is C19H20N6O. The van der Waals surface area contributed by atoms with Crippen LogP contribution in [0.2, 0.25) is 0 Å². The van der Waals surface area contributed by atoms with Crippen LogP contribution < -0.4 is 5.56 Å². The van der Waals surface area contributed by atoms with Crippen LogP contribution in [-0.2, 0) is 13.1 Å². The van der Waals surface area contributed by atoms with E-state index in [2.05, 4.69) is 26.5 Å². The van der Waals surface area contributed by atoms with Gasteiger partial charge in [-0.1, -0.05) is 24.3 Å². The number of aromatic nitrogens is 5. The number of para-hydroxylation sites is 1. The monoisotopic (exact) mass is 348 g/mol. The van der Waals surface area contributed by atoms with Crippen molar-refractivity contribution < 1.29 is 0 Å². The van der Waals surface area contributed by atoms with Crippen molar-refractivity contribution in [3.05, 3.63) is 70.4 Å². The van der Waals surface area contributed by atoms with Gasteiger partial charge in [0.05, 0.1) is 12.2 Å². The topological polar surface area (TPSA) is 68.8 Å². The molecule has 2 aliphatic rings. The summed E-state index contributed by atoms with van der Waals surface area (Å²) in [6, 6.07) is 15.6. The zero-order chi connectivity index (χ0) is 17.5. The summed E-state index contributed by atoms with van der Waals surface area (Å²) in [7, 11) is 0. The van der Waals surface area contributed by atoms with Gasteiger partial charge in [-0.2, -0.15) is 4.68 Å². The van der Waals surface area contributed by atoms with Gasteiger partial charge in [-0.05, 0) is 41.0 Å². The van der Waals surface area contributed by atoms with Crippen molar-refractivity contribution in [3.8, 4) is 5.69 Å². The number of hydrogen-bond donors (Lipinski definition) is 0. The highest BCUT2D eigenvalue weighted by Gasteiger charge is 2.34. The first-order chi connectivity index (χ1) is 12.8. The Morgan fingerprint density at radius 3 is 2.77 bits per heavy atom.